The van der Waals surface area contributed by atoms with Gasteiger partial charge in [-0.05, 0) is 49.4 Å². The number of halogens is 1. The minimum atomic E-state index is -0.0777. The zero-order valence-corrected chi connectivity index (χ0v) is 16.1. The van der Waals surface area contributed by atoms with E-state index in [1.807, 2.05) is 37.4 Å². The summed E-state index contributed by atoms with van der Waals surface area (Å²) in [7, 11) is 0. The number of pyridine rings is 1. The number of carbonyl (C=O) groups is 1. The number of ether oxygens (including phenoxy) is 1. The molecular formula is C20H20BrN3O2. The summed E-state index contributed by atoms with van der Waals surface area (Å²) in [4.78, 5) is 20.2. The molecule has 0 bridgehead atoms. The molecule has 0 aliphatic heterocycles. The van der Waals surface area contributed by atoms with Crippen molar-refractivity contribution < 1.29 is 9.53 Å². The fourth-order valence-corrected chi connectivity index (χ4v) is 3.59. The molecule has 1 amide bonds. The van der Waals surface area contributed by atoms with Gasteiger partial charge in [-0.15, -0.1) is 0 Å². The molecule has 0 saturated heterocycles. The van der Waals surface area contributed by atoms with Crippen LogP contribution in [0.25, 0.3) is 10.9 Å². The van der Waals surface area contributed by atoms with Crippen LogP contribution in [-0.2, 0) is 0 Å². The van der Waals surface area contributed by atoms with Crippen molar-refractivity contribution in [2.75, 3.05) is 6.54 Å². The van der Waals surface area contributed by atoms with E-state index in [9.17, 15) is 4.79 Å². The zero-order chi connectivity index (χ0) is 18.1. The predicted octanol–water partition coefficient (Wildman–Crippen LogP) is 4.96. The first kappa shape index (κ1) is 17.1. The molecule has 26 heavy (non-hydrogen) atoms. The van der Waals surface area contributed by atoms with Gasteiger partial charge in [-0.2, -0.15) is 0 Å². The second-order valence-electron chi connectivity index (χ2n) is 6.77. The lowest BCUT2D eigenvalue weighted by Crippen LogP contribution is -2.32. The number of aromatic nitrogens is 2. The first-order chi connectivity index (χ1) is 12.6. The second kappa shape index (κ2) is 7.11. The Labute approximate surface area is 160 Å². The summed E-state index contributed by atoms with van der Waals surface area (Å²) in [5.41, 5.74) is 2.31. The number of carbonyl (C=O) groups excluding carboxylic acids is 1. The molecule has 0 radical (unpaired) electrons. The number of benzene rings is 1. The van der Waals surface area contributed by atoms with Crippen molar-refractivity contribution in [1.29, 1.82) is 0 Å². The van der Waals surface area contributed by atoms with Crippen LogP contribution in [-0.4, -0.2) is 22.4 Å². The summed E-state index contributed by atoms with van der Waals surface area (Å²) in [5, 5.41) is 3.90. The monoisotopic (exact) mass is 413 g/mol. The molecule has 6 heteroatoms. The highest BCUT2D eigenvalue weighted by atomic mass is 79.9. The molecule has 2 aromatic heterocycles. The molecule has 1 fully saturated rings. The van der Waals surface area contributed by atoms with Gasteiger partial charge in [0.1, 0.15) is 11.3 Å². The Morgan fingerprint density at radius 1 is 1.42 bits per heavy atom. The van der Waals surface area contributed by atoms with Gasteiger partial charge in [-0.25, -0.2) is 4.98 Å². The Morgan fingerprint density at radius 3 is 3.00 bits per heavy atom. The van der Waals surface area contributed by atoms with Crippen molar-refractivity contribution in [2.45, 2.75) is 26.2 Å². The van der Waals surface area contributed by atoms with Crippen molar-refractivity contribution in [3.05, 3.63) is 52.3 Å². The van der Waals surface area contributed by atoms with Gasteiger partial charge in [0.15, 0.2) is 0 Å². The minimum absolute atomic E-state index is 0.0777. The molecule has 0 spiro atoms. The molecule has 1 aliphatic carbocycles. The molecule has 3 aromatic rings. The number of amides is 1. The number of fused-ring (bicyclic) bond motifs is 1. The number of hydrogen-bond acceptors (Lipinski definition) is 3. The highest BCUT2D eigenvalue weighted by Crippen LogP contribution is 2.32. The summed E-state index contributed by atoms with van der Waals surface area (Å²) < 4.78 is 6.87. The third kappa shape index (κ3) is 3.33. The fraction of sp³-hybridized carbons (Fsp3) is 0.300. The van der Waals surface area contributed by atoms with E-state index in [-0.39, 0.29) is 5.91 Å². The van der Waals surface area contributed by atoms with E-state index < -0.39 is 0 Å². The lowest BCUT2D eigenvalue weighted by Gasteiger charge is -2.25. The SMILES string of the molecule is Cc1c[nH]c2c(Oc3cccc(Br)c3)ncc(C(=O)NCC3CCC3)c12. The molecule has 5 nitrogen and oxygen atoms in total. The summed E-state index contributed by atoms with van der Waals surface area (Å²) in [6, 6.07) is 7.58. The van der Waals surface area contributed by atoms with Crippen molar-refractivity contribution in [1.82, 2.24) is 15.3 Å². The maximum absolute atomic E-state index is 12.7. The summed E-state index contributed by atoms with van der Waals surface area (Å²) in [6.45, 7) is 2.71. The van der Waals surface area contributed by atoms with E-state index >= 15 is 0 Å². The van der Waals surface area contributed by atoms with Gasteiger partial charge < -0.3 is 15.0 Å². The van der Waals surface area contributed by atoms with Crippen molar-refractivity contribution in [2.24, 2.45) is 5.92 Å². The van der Waals surface area contributed by atoms with E-state index in [1.54, 1.807) is 6.20 Å². The van der Waals surface area contributed by atoms with Crippen LogP contribution in [0.4, 0.5) is 0 Å². The molecule has 1 saturated carbocycles. The molecule has 0 atom stereocenters. The average Bonchev–Trinajstić information content (AvgIpc) is 2.96. The van der Waals surface area contributed by atoms with E-state index in [0.29, 0.717) is 23.1 Å². The van der Waals surface area contributed by atoms with Gasteiger partial charge in [0.2, 0.25) is 5.88 Å². The molecular weight excluding hydrogens is 394 g/mol. The van der Waals surface area contributed by atoms with Crippen LogP contribution in [0.2, 0.25) is 0 Å². The highest BCUT2D eigenvalue weighted by Gasteiger charge is 2.21. The number of hydrogen-bond donors (Lipinski definition) is 2. The van der Waals surface area contributed by atoms with Gasteiger partial charge in [0, 0.05) is 28.8 Å². The van der Waals surface area contributed by atoms with E-state index in [4.69, 9.17) is 4.74 Å². The van der Waals surface area contributed by atoms with E-state index in [0.717, 1.165) is 27.5 Å². The van der Waals surface area contributed by atoms with Gasteiger partial charge in [-0.1, -0.05) is 28.4 Å². The van der Waals surface area contributed by atoms with E-state index in [1.165, 1.54) is 19.3 Å². The molecule has 134 valence electrons. The Kier molecular flexibility index (Phi) is 4.68. The standard InChI is InChI=1S/C20H20BrN3O2/c1-12-9-22-18-17(12)16(19(25)23-10-13-4-2-5-13)11-24-20(18)26-15-7-3-6-14(21)8-15/h3,6-9,11,13,22H,2,4-5,10H2,1H3,(H,23,25). The second-order valence-corrected chi connectivity index (χ2v) is 7.68. The number of nitrogens with zero attached hydrogens (tertiary/aromatic N) is 1. The van der Waals surface area contributed by atoms with Crippen LogP contribution in [0, 0.1) is 12.8 Å². The topological polar surface area (TPSA) is 67.0 Å². The Bertz CT molecular complexity index is 963. The van der Waals surface area contributed by atoms with Crippen LogP contribution >= 0.6 is 15.9 Å². The fourth-order valence-electron chi connectivity index (χ4n) is 3.21. The number of rotatable bonds is 5. The van der Waals surface area contributed by atoms with Crippen molar-refractivity contribution in [3.8, 4) is 11.6 Å². The third-order valence-electron chi connectivity index (χ3n) is 4.90. The normalized spacial score (nSPS) is 14.2. The maximum Gasteiger partial charge on any atom is 0.253 e. The lowest BCUT2D eigenvalue weighted by atomic mass is 9.85. The Hall–Kier alpha value is -2.34. The molecule has 2 N–H and O–H groups in total. The molecule has 1 aliphatic rings. The zero-order valence-electron chi connectivity index (χ0n) is 14.5. The van der Waals surface area contributed by atoms with Crippen molar-refractivity contribution >= 4 is 32.7 Å². The molecule has 0 unspecified atom stereocenters. The van der Waals surface area contributed by atoms with Crippen LogP contribution in [0.5, 0.6) is 11.6 Å². The Morgan fingerprint density at radius 2 is 2.27 bits per heavy atom. The first-order valence-electron chi connectivity index (χ1n) is 8.80. The van der Waals surface area contributed by atoms with Gasteiger partial charge in [-0.3, -0.25) is 4.79 Å². The van der Waals surface area contributed by atoms with Gasteiger partial charge in [0.05, 0.1) is 5.56 Å². The third-order valence-corrected chi connectivity index (χ3v) is 5.40. The highest BCUT2D eigenvalue weighted by molar-refractivity contribution is 9.10. The van der Waals surface area contributed by atoms with Crippen LogP contribution in [0.15, 0.2) is 41.1 Å². The number of H-pyrrole nitrogens is 1. The smallest absolute Gasteiger partial charge is 0.253 e. The summed E-state index contributed by atoms with van der Waals surface area (Å²) in [6.07, 6.45) is 7.16. The van der Waals surface area contributed by atoms with Gasteiger partial charge >= 0.3 is 0 Å². The molecule has 4 rings (SSSR count). The summed E-state index contributed by atoms with van der Waals surface area (Å²) in [5.74, 6) is 1.68. The predicted molar refractivity (Wildman–Crippen MR) is 105 cm³/mol. The number of nitrogens with one attached hydrogen (secondary N) is 2. The van der Waals surface area contributed by atoms with Crippen LogP contribution < -0.4 is 10.1 Å². The average molecular weight is 414 g/mol. The van der Waals surface area contributed by atoms with Crippen LogP contribution in [0.3, 0.4) is 0 Å². The quantitative estimate of drug-likeness (QED) is 0.621. The maximum atomic E-state index is 12.7. The van der Waals surface area contributed by atoms with Crippen molar-refractivity contribution in [3.63, 3.8) is 0 Å². The molecule has 1 aromatic carbocycles. The largest absolute Gasteiger partial charge is 0.437 e. The number of aryl methyl sites for hydroxylation is 1. The number of aromatic amines is 1. The van der Waals surface area contributed by atoms with Crippen LogP contribution in [0.1, 0.15) is 35.2 Å². The summed E-state index contributed by atoms with van der Waals surface area (Å²) >= 11 is 3.44. The Balaban J connectivity index is 1.64. The first-order valence-corrected chi connectivity index (χ1v) is 9.59. The molecule has 2 heterocycles. The van der Waals surface area contributed by atoms with Gasteiger partial charge in [0.25, 0.3) is 5.91 Å². The lowest BCUT2D eigenvalue weighted by molar-refractivity contribution is 0.0940. The van der Waals surface area contributed by atoms with E-state index in [2.05, 4.69) is 31.2 Å². The minimum Gasteiger partial charge on any atom is -0.437 e.